The molecule has 12 heteroatoms. The van der Waals surface area contributed by atoms with Gasteiger partial charge in [0.05, 0.1) is 47.0 Å². The number of thioether (sulfide) groups is 1. The minimum absolute atomic E-state index is 0.0572. The van der Waals surface area contributed by atoms with Crippen LogP contribution in [0.4, 0.5) is 0 Å². The number of carbonyl (C=O) groups excluding carboxylic acids is 1. The Morgan fingerprint density at radius 3 is 2.51 bits per heavy atom. The van der Waals surface area contributed by atoms with Gasteiger partial charge in [0.1, 0.15) is 0 Å². The van der Waals surface area contributed by atoms with Crippen molar-refractivity contribution in [2.75, 3.05) is 14.2 Å². The summed E-state index contributed by atoms with van der Waals surface area (Å²) in [6.07, 6.45) is -0.653. The van der Waals surface area contributed by atoms with E-state index >= 15 is 0 Å². The molecule has 0 bridgehead atoms. The van der Waals surface area contributed by atoms with Crippen LogP contribution in [0.5, 0.6) is 0 Å². The summed E-state index contributed by atoms with van der Waals surface area (Å²) < 4.78 is 15.6. The molecule has 3 aromatic heterocycles. The Labute approximate surface area is 236 Å². The number of nitrogens with zero attached hydrogens (tertiary/aromatic N) is 5. The molecule has 3 heterocycles. The number of fused-ring (bicyclic) bond motifs is 1. The second kappa shape index (κ2) is 12.1. The number of carbonyl (C=O) groups is 1. The van der Waals surface area contributed by atoms with Gasteiger partial charge in [0.2, 0.25) is 0 Å². The Kier molecular flexibility index (Phi) is 9.07. The van der Waals surface area contributed by atoms with E-state index < -0.39 is 6.29 Å². The molecule has 0 aliphatic carbocycles. The van der Waals surface area contributed by atoms with Gasteiger partial charge >= 0.3 is 5.97 Å². The van der Waals surface area contributed by atoms with E-state index in [1.54, 1.807) is 16.4 Å². The van der Waals surface area contributed by atoms with E-state index in [9.17, 15) is 15.0 Å². The Morgan fingerprint density at radius 1 is 1.13 bits per heavy atom. The number of esters is 1. The lowest BCUT2D eigenvalue weighted by atomic mass is 9.98. The summed E-state index contributed by atoms with van der Waals surface area (Å²) in [5, 5.41) is 31.0. The first-order valence-electron chi connectivity index (χ1n) is 12.4. The largest absolute Gasteiger partial charge is 0.469 e. The Bertz CT molecular complexity index is 1510. The summed E-state index contributed by atoms with van der Waals surface area (Å²) >= 11 is 8.57. The van der Waals surface area contributed by atoms with Crippen molar-refractivity contribution in [1.29, 1.82) is 0 Å². The fourth-order valence-corrected chi connectivity index (χ4v) is 6.12. The maximum Gasteiger partial charge on any atom is 0.305 e. The predicted molar refractivity (Wildman–Crippen MR) is 151 cm³/mol. The van der Waals surface area contributed by atoms with Gasteiger partial charge in [-0.1, -0.05) is 17.7 Å². The molecule has 10 nitrogen and oxygen atoms in total. The molecule has 0 aliphatic rings. The quantitative estimate of drug-likeness (QED) is 0.204. The normalized spacial score (nSPS) is 12.4. The van der Waals surface area contributed by atoms with Crippen molar-refractivity contribution in [2.24, 2.45) is 21.1 Å². The van der Waals surface area contributed by atoms with Crippen molar-refractivity contribution in [2.45, 2.75) is 44.2 Å². The molecule has 1 atom stereocenters. The van der Waals surface area contributed by atoms with E-state index in [1.165, 1.54) is 14.2 Å². The van der Waals surface area contributed by atoms with Crippen LogP contribution in [0.3, 0.4) is 0 Å². The van der Waals surface area contributed by atoms with Crippen molar-refractivity contribution in [3.63, 3.8) is 0 Å². The van der Waals surface area contributed by atoms with Crippen LogP contribution < -0.4 is 0 Å². The van der Waals surface area contributed by atoms with E-state index in [-0.39, 0.29) is 19.0 Å². The monoisotopic (exact) mass is 575 g/mol. The van der Waals surface area contributed by atoms with Gasteiger partial charge in [0, 0.05) is 68.4 Å². The Balaban J connectivity index is 1.80. The molecular formula is C27H34ClN5O5S. The molecule has 0 aliphatic heterocycles. The number of hydrogen-bond acceptors (Lipinski definition) is 8. The maximum atomic E-state index is 12.0. The van der Waals surface area contributed by atoms with Crippen LogP contribution in [0.25, 0.3) is 22.0 Å². The molecule has 210 valence electrons. The van der Waals surface area contributed by atoms with E-state index in [1.807, 2.05) is 55.5 Å². The van der Waals surface area contributed by atoms with Crippen LogP contribution in [0.15, 0.2) is 18.2 Å². The van der Waals surface area contributed by atoms with Crippen LogP contribution in [0, 0.1) is 6.92 Å². The van der Waals surface area contributed by atoms with Crippen molar-refractivity contribution in [3.8, 4) is 11.1 Å². The van der Waals surface area contributed by atoms with Gasteiger partial charge in [0.15, 0.2) is 6.29 Å². The number of aromatic nitrogens is 5. The van der Waals surface area contributed by atoms with Crippen molar-refractivity contribution in [3.05, 3.63) is 57.3 Å². The zero-order valence-corrected chi connectivity index (χ0v) is 24.6. The van der Waals surface area contributed by atoms with Gasteiger partial charge in [-0.3, -0.25) is 14.2 Å². The maximum absolute atomic E-state index is 12.0. The molecule has 0 spiro atoms. The highest BCUT2D eigenvalue weighted by atomic mass is 35.5. The molecule has 1 aromatic carbocycles. The van der Waals surface area contributed by atoms with E-state index in [4.69, 9.17) is 26.2 Å². The van der Waals surface area contributed by atoms with E-state index in [0.29, 0.717) is 28.6 Å². The molecule has 0 fully saturated rings. The minimum Gasteiger partial charge on any atom is -0.469 e. The highest BCUT2D eigenvalue weighted by Crippen LogP contribution is 2.43. The topological polar surface area (TPSA) is 117 Å². The molecule has 0 saturated carbocycles. The van der Waals surface area contributed by atoms with Gasteiger partial charge in [-0.05, 0) is 31.0 Å². The SMILES string of the molecule is COC(=O)CCc1c(C(O)OC)n(C)c2c(-c3c(CSCc4cc(CO)n(C)n4)nn(C)c3C)c(Cl)ccc12. The van der Waals surface area contributed by atoms with Crippen LogP contribution >= 0.6 is 23.4 Å². The van der Waals surface area contributed by atoms with E-state index in [2.05, 4.69) is 5.10 Å². The lowest BCUT2D eigenvalue weighted by Crippen LogP contribution is -2.10. The molecule has 4 rings (SSSR count). The molecule has 0 amide bonds. The second-order valence-corrected chi connectivity index (χ2v) is 10.7. The highest BCUT2D eigenvalue weighted by Gasteiger charge is 2.27. The van der Waals surface area contributed by atoms with Gasteiger partial charge in [-0.2, -0.15) is 10.2 Å². The smallest absolute Gasteiger partial charge is 0.305 e. The average Bonchev–Trinajstić information content (AvgIpc) is 3.52. The number of hydrogen-bond donors (Lipinski definition) is 2. The number of aliphatic hydroxyl groups excluding tert-OH is 2. The van der Waals surface area contributed by atoms with Crippen LogP contribution in [0.1, 0.15) is 46.7 Å². The molecule has 0 radical (unpaired) electrons. The van der Waals surface area contributed by atoms with E-state index in [0.717, 1.165) is 50.4 Å². The number of ether oxygens (including phenoxy) is 2. The average molecular weight is 576 g/mol. The second-order valence-electron chi connectivity index (χ2n) is 9.34. The summed E-state index contributed by atoms with van der Waals surface area (Å²) in [6, 6.07) is 5.66. The first-order valence-corrected chi connectivity index (χ1v) is 14.0. The van der Waals surface area contributed by atoms with Crippen LogP contribution in [-0.2, 0) is 59.9 Å². The first-order chi connectivity index (χ1) is 18.6. The fourth-order valence-electron chi connectivity index (χ4n) is 5.02. The molecule has 2 N–H and O–H groups in total. The molecule has 0 saturated heterocycles. The standard InChI is InChI=1S/C27H34ClN5O5S/c1-15-23(21(30-32(15)3)14-39-13-16-11-17(12-34)33(4)29-16)24-20(28)9-7-18-19(8-10-22(35)37-5)26(27(36)38-6)31(2)25(18)24/h7,9,11,27,34,36H,8,10,12-14H2,1-6H3. The van der Waals surface area contributed by atoms with Gasteiger partial charge in [0.25, 0.3) is 0 Å². The Morgan fingerprint density at radius 2 is 1.87 bits per heavy atom. The molecule has 39 heavy (non-hydrogen) atoms. The predicted octanol–water partition coefficient (Wildman–Crippen LogP) is 3.94. The highest BCUT2D eigenvalue weighted by molar-refractivity contribution is 7.97. The Hall–Kier alpha value is -2.83. The third-order valence-corrected chi connectivity index (χ3v) is 8.35. The molecule has 1 unspecified atom stereocenters. The molecule has 4 aromatic rings. The summed E-state index contributed by atoms with van der Waals surface area (Å²) in [5.41, 5.74) is 7.41. The van der Waals surface area contributed by atoms with Gasteiger partial charge in [-0.25, -0.2) is 0 Å². The van der Waals surface area contributed by atoms with Gasteiger partial charge in [-0.15, -0.1) is 11.8 Å². The number of halogens is 1. The fraction of sp³-hybridized carbons (Fsp3) is 0.444. The van der Waals surface area contributed by atoms with Crippen molar-refractivity contribution < 1.29 is 24.5 Å². The van der Waals surface area contributed by atoms with Crippen LogP contribution in [0.2, 0.25) is 5.02 Å². The lowest BCUT2D eigenvalue weighted by molar-refractivity contribution is -0.140. The summed E-state index contributed by atoms with van der Waals surface area (Å²) in [7, 11) is 8.38. The summed E-state index contributed by atoms with van der Waals surface area (Å²) in [6.45, 7) is 1.95. The number of rotatable bonds is 11. The number of aliphatic hydroxyl groups is 2. The van der Waals surface area contributed by atoms with Crippen LogP contribution in [-0.4, -0.2) is 54.5 Å². The third-order valence-electron chi connectivity index (χ3n) is 7.06. The first kappa shape index (κ1) is 29.2. The summed E-state index contributed by atoms with van der Waals surface area (Å²) in [4.78, 5) is 12.0. The summed E-state index contributed by atoms with van der Waals surface area (Å²) in [5.74, 6) is 0.940. The lowest BCUT2D eigenvalue weighted by Gasteiger charge is -2.14. The van der Waals surface area contributed by atoms with Crippen molar-refractivity contribution in [1.82, 2.24) is 24.1 Å². The zero-order chi connectivity index (χ0) is 28.4. The number of aryl methyl sites for hydroxylation is 4. The van der Waals surface area contributed by atoms with Crippen molar-refractivity contribution >= 4 is 40.2 Å². The third kappa shape index (κ3) is 5.59. The molecular weight excluding hydrogens is 542 g/mol. The van der Waals surface area contributed by atoms with Gasteiger partial charge < -0.3 is 24.3 Å². The minimum atomic E-state index is -1.19. The number of benzene rings is 1. The zero-order valence-electron chi connectivity index (χ0n) is 23.0. The number of methoxy groups -OCH3 is 2.